The van der Waals surface area contributed by atoms with Crippen molar-refractivity contribution in [2.24, 2.45) is 0 Å². The zero-order valence-electron chi connectivity index (χ0n) is 14.8. The Labute approximate surface area is 157 Å². The molecule has 0 unspecified atom stereocenters. The zero-order chi connectivity index (χ0) is 19.1. The number of para-hydroxylation sites is 1. The first-order valence-corrected chi connectivity index (χ1v) is 8.52. The standard InChI is InChI=1S/C19H21N3O3S/c1-12(2)25-16-11-7-6-10-15(16)17(23)20-19(26)22-21-18(24)14-9-5-4-8-13(14)3/h4-12H,1-3H3,(H,21,24)(H2,20,22,23,26). The molecule has 0 saturated heterocycles. The Hall–Kier alpha value is -2.93. The fourth-order valence-electron chi connectivity index (χ4n) is 2.22. The average Bonchev–Trinajstić information content (AvgIpc) is 2.60. The number of benzene rings is 2. The molecule has 0 atom stereocenters. The van der Waals surface area contributed by atoms with Crippen LogP contribution < -0.4 is 20.9 Å². The van der Waals surface area contributed by atoms with Gasteiger partial charge < -0.3 is 4.74 Å². The molecule has 0 heterocycles. The number of hydrogen-bond acceptors (Lipinski definition) is 4. The van der Waals surface area contributed by atoms with E-state index >= 15 is 0 Å². The van der Waals surface area contributed by atoms with Gasteiger partial charge in [0.1, 0.15) is 5.75 Å². The molecule has 2 aromatic carbocycles. The van der Waals surface area contributed by atoms with Crippen LogP contribution in [0.4, 0.5) is 0 Å². The number of carbonyl (C=O) groups is 2. The van der Waals surface area contributed by atoms with E-state index in [9.17, 15) is 9.59 Å². The molecule has 2 aromatic rings. The third kappa shape index (κ3) is 5.29. The summed E-state index contributed by atoms with van der Waals surface area (Å²) in [6.07, 6.45) is -0.0672. The normalized spacial score (nSPS) is 10.2. The molecule has 0 fully saturated rings. The average molecular weight is 371 g/mol. The summed E-state index contributed by atoms with van der Waals surface area (Å²) in [4.78, 5) is 24.5. The molecule has 6 nitrogen and oxygen atoms in total. The summed E-state index contributed by atoms with van der Waals surface area (Å²) >= 11 is 5.06. The van der Waals surface area contributed by atoms with Crippen LogP contribution in [0.15, 0.2) is 48.5 Å². The second-order valence-corrected chi connectivity index (χ2v) is 6.25. The number of amides is 2. The molecule has 0 aliphatic heterocycles. The Balaban J connectivity index is 1.95. The van der Waals surface area contributed by atoms with E-state index in [1.165, 1.54) is 0 Å². The number of ether oxygens (including phenoxy) is 1. The Morgan fingerprint density at radius 1 is 0.923 bits per heavy atom. The Bertz CT molecular complexity index is 821. The van der Waals surface area contributed by atoms with Crippen molar-refractivity contribution in [1.29, 1.82) is 0 Å². The topological polar surface area (TPSA) is 79.5 Å². The maximum absolute atomic E-state index is 12.4. The van der Waals surface area contributed by atoms with Crippen LogP contribution >= 0.6 is 12.2 Å². The number of hydrogen-bond donors (Lipinski definition) is 3. The van der Waals surface area contributed by atoms with Gasteiger partial charge in [0.05, 0.1) is 11.7 Å². The molecule has 7 heteroatoms. The van der Waals surface area contributed by atoms with Gasteiger partial charge in [-0.05, 0) is 56.8 Å². The van der Waals surface area contributed by atoms with Crippen LogP contribution in [-0.2, 0) is 0 Å². The van der Waals surface area contributed by atoms with Crippen LogP contribution in [0.25, 0.3) is 0 Å². The maximum atomic E-state index is 12.4. The third-order valence-electron chi connectivity index (χ3n) is 3.40. The van der Waals surface area contributed by atoms with Gasteiger partial charge in [-0.25, -0.2) is 0 Å². The highest BCUT2D eigenvalue weighted by atomic mass is 32.1. The van der Waals surface area contributed by atoms with Crippen molar-refractivity contribution < 1.29 is 14.3 Å². The SMILES string of the molecule is Cc1ccccc1C(=O)NNC(=S)NC(=O)c1ccccc1OC(C)C. The van der Waals surface area contributed by atoms with Gasteiger partial charge in [-0.3, -0.25) is 25.8 Å². The second-order valence-electron chi connectivity index (χ2n) is 5.84. The maximum Gasteiger partial charge on any atom is 0.269 e. The summed E-state index contributed by atoms with van der Waals surface area (Å²) in [5.74, 6) is -0.307. The third-order valence-corrected chi connectivity index (χ3v) is 3.60. The molecular weight excluding hydrogens is 350 g/mol. The number of carbonyl (C=O) groups excluding carboxylic acids is 2. The van der Waals surface area contributed by atoms with Crippen LogP contribution in [-0.4, -0.2) is 23.0 Å². The van der Waals surface area contributed by atoms with E-state index in [4.69, 9.17) is 17.0 Å². The zero-order valence-corrected chi connectivity index (χ0v) is 15.6. The monoisotopic (exact) mass is 371 g/mol. The quantitative estimate of drug-likeness (QED) is 0.569. The Morgan fingerprint density at radius 3 is 2.19 bits per heavy atom. The number of aryl methyl sites for hydroxylation is 1. The van der Waals surface area contributed by atoms with Crippen LogP contribution in [0.2, 0.25) is 0 Å². The van der Waals surface area contributed by atoms with Gasteiger partial charge in [0.15, 0.2) is 5.11 Å². The van der Waals surface area contributed by atoms with Crippen molar-refractivity contribution in [3.05, 3.63) is 65.2 Å². The van der Waals surface area contributed by atoms with Crippen LogP contribution in [0.1, 0.15) is 40.1 Å². The molecule has 2 rings (SSSR count). The highest BCUT2D eigenvalue weighted by Crippen LogP contribution is 2.19. The number of nitrogens with one attached hydrogen (secondary N) is 3. The lowest BCUT2D eigenvalue weighted by Crippen LogP contribution is -2.48. The molecule has 0 aromatic heterocycles. The van der Waals surface area contributed by atoms with E-state index in [1.54, 1.807) is 36.4 Å². The van der Waals surface area contributed by atoms with Gasteiger partial charge >= 0.3 is 0 Å². The largest absolute Gasteiger partial charge is 0.490 e. The van der Waals surface area contributed by atoms with Gasteiger partial charge in [0.25, 0.3) is 11.8 Å². The number of thiocarbonyl (C=S) groups is 1. The van der Waals surface area contributed by atoms with Gasteiger partial charge in [-0.15, -0.1) is 0 Å². The van der Waals surface area contributed by atoms with Crippen molar-refractivity contribution in [3.8, 4) is 5.75 Å². The van der Waals surface area contributed by atoms with Gasteiger partial charge in [-0.1, -0.05) is 30.3 Å². The highest BCUT2D eigenvalue weighted by Gasteiger charge is 2.15. The lowest BCUT2D eigenvalue weighted by atomic mass is 10.1. The van der Waals surface area contributed by atoms with Crippen molar-refractivity contribution in [3.63, 3.8) is 0 Å². The first kappa shape index (κ1) is 19.4. The minimum atomic E-state index is -0.427. The summed E-state index contributed by atoms with van der Waals surface area (Å²) < 4.78 is 5.62. The summed E-state index contributed by atoms with van der Waals surface area (Å²) in [5, 5.41) is 2.50. The fourth-order valence-corrected chi connectivity index (χ4v) is 2.36. The highest BCUT2D eigenvalue weighted by molar-refractivity contribution is 7.80. The molecule has 0 spiro atoms. The molecule has 0 aliphatic carbocycles. The van der Waals surface area contributed by atoms with Crippen molar-refractivity contribution in [2.75, 3.05) is 0 Å². The second kappa shape index (κ2) is 8.96. The first-order valence-electron chi connectivity index (χ1n) is 8.11. The minimum absolute atomic E-state index is 0.0173. The van der Waals surface area contributed by atoms with Crippen molar-refractivity contribution in [1.82, 2.24) is 16.2 Å². The van der Waals surface area contributed by atoms with Crippen LogP contribution in [0.3, 0.4) is 0 Å². The molecule has 26 heavy (non-hydrogen) atoms. The summed E-state index contributed by atoms with van der Waals surface area (Å²) in [6.45, 7) is 5.59. The van der Waals surface area contributed by atoms with E-state index in [2.05, 4.69) is 16.2 Å². The number of hydrazine groups is 1. The molecule has 2 amide bonds. The lowest BCUT2D eigenvalue weighted by Gasteiger charge is -2.15. The lowest BCUT2D eigenvalue weighted by molar-refractivity contribution is 0.0932. The fraction of sp³-hybridized carbons (Fsp3) is 0.211. The minimum Gasteiger partial charge on any atom is -0.490 e. The Kier molecular flexibility index (Phi) is 6.68. The molecule has 0 radical (unpaired) electrons. The van der Waals surface area contributed by atoms with Crippen molar-refractivity contribution >= 4 is 29.1 Å². The van der Waals surface area contributed by atoms with E-state index in [0.717, 1.165) is 5.56 Å². The Morgan fingerprint density at radius 2 is 1.54 bits per heavy atom. The van der Waals surface area contributed by atoms with Crippen LogP contribution in [0.5, 0.6) is 5.75 Å². The van der Waals surface area contributed by atoms with Gasteiger partial charge in [0, 0.05) is 5.56 Å². The predicted octanol–water partition coefficient (Wildman–Crippen LogP) is 2.73. The van der Waals surface area contributed by atoms with Crippen LogP contribution in [0, 0.1) is 6.92 Å². The first-order chi connectivity index (χ1) is 12.4. The smallest absolute Gasteiger partial charge is 0.269 e. The predicted molar refractivity (Wildman–Crippen MR) is 104 cm³/mol. The van der Waals surface area contributed by atoms with E-state index in [0.29, 0.717) is 16.9 Å². The van der Waals surface area contributed by atoms with E-state index < -0.39 is 5.91 Å². The summed E-state index contributed by atoms with van der Waals surface area (Å²) in [6, 6.07) is 14.0. The molecule has 3 N–H and O–H groups in total. The van der Waals surface area contributed by atoms with E-state index in [1.807, 2.05) is 32.9 Å². The van der Waals surface area contributed by atoms with Gasteiger partial charge in [-0.2, -0.15) is 0 Å². The number of rotatable bonds is 4. The van der Waals surface area contributed by atoms with Crippen molar-refractivity contribution in [2.45, 2.75) is 26.9 Å². The molecule has 0 bridgehead atoms. The van der Waals surface area contributed by atoms with E-state index in [-0.39, 0.29) is 17.1 Å². The van der Waals surface area contributed by atoms with Gasteiger partial charge in [0.2, 0.25) is 0 Å². The molecule has 0 aliphatic rings. The molecule has 0 saturated carbocycles. The molecular formula is C19H21N3O3S. The summed E-state index contributed by atoms with van der Waals surface area (Å²) in [5.41, 5.74) is 6.71. The molecule has 136 valence electrons. The summed E-state index contributed by atoms with van der Waals surface area (Å²) in [7, 11) is 0.